The van der Waals surface area contributed by atoms with Gasteiger partial charge in [0.05, 0.1) is 5.56 Å². The summed E-state index contributed by atoms with van der Waals surface area (Å²) in [6.07, 6.45) is 2.33. The van der Waals surface area contributed by atoms with Crippen molar-refractivity contribution < 1.29 is 9.21 Å². The molecule has 6 rings (SSSR count). The van der Waals surface area contributed by atoms with E-state index in [-0.39, 0.29) is 11.9 Å². The van der Waals surface area contributed by atoms with Gasteiger partial charge in [-0.3, -0.25) is 4.79 Å². The van der Waals surface area contributed by atoms with Crippen molar-refractivity contribution in [3.05, 3.63) is 52.5 Å². The number of benzene rings is 2. The van der Waals surface area contributed by atoms with Crippen LogP contribution in [0.1, 0.15) is 23.2 Å². The normalized spacial score (nSPS) is 24.3. The number of hydrogen-bond donors (Lipinski definition) is 1. The third-order valence-corrected chi connectivity index (χ3v) is 6.39. The van der Waals surface area contributed by atoms with Crippen LogP contribution in [0.25, 0.3) is 22.6 Å². The van der Waals surface area contributed by atoms with Crippen molar-refractivity contribution in [2.45, 2.75) is 18.9 Å². The van der Waals surface area contributed by atoms with Crippen LogP contribution in [0.5, 0.6) is 0 Å². The zero-order valence-corrected chi connectivity index (χ0v) is 16.4. The Morgan fingerprint density at radius 2 is 1.93 bits per heavy atom. The van der Waals surface area contributed by atoms with Crippen molar-refractivity contribution in [2.75, 3.05) is 19.6 Å². The van der Waals surface area contributed by atoms with Gasteiger partial charge in [-0.1, -0.05) is 18.2 Å². The molecule has 3 aliphatic heterocycles. The molecule has 2 bridgehead atoms. The number of carbonyl (C=O) groups is 1. The van der Waals surface area contributed by atoms with Crippen molar-refractivity contribution >= 4 is 32.9 Å². The number of carbonyl (C=O) groups excluding carboxylic acids is 1. The van der Waals surface area contributed by atoms with E-state index in [1.165, 1.54) is 12.8 Å². The highest BCUT2D eigenvalue weighted by Crippen LogP contribution is 2.32. The molecule has 1 N–H and O–H groups in total. The first kappa shape index (κ1) is 17.0. The lowest BCUT2D eigenvalue weighted by Gasteiger charge is -2.44. The van der Waals surface area contributed by atoms with Crippen LogP contribution in [0.3, 0.4) is 0 Å². The summed E-state index contributed by atoms with van der Waals surface area (Å²) >= 11 is 3.54. The smallest absolute Gasteiger partial charge is 0.255 e. The fourth-order valence-electron chi connectivity index (χ4n) is 4.26. The molecule has 3 aliphatic rings. The van der Waals surface area contributed by atoms with Crippen LogP contribution in [0, 0.1) is 5.92 Å². The van der Waals surface area contributed by atoms with Crippen LogP contribution in [-0.4, -0.2) is 41.5 Å². The number of aromatic nitrogens is 1. The third-order valence-electron chi connectivity index (χ3n) is 5.73. The molecule has 5 nitrogen and oxygen atoms in total. The Hall–Kier alpha value is -2.18. The van der Waals surface area contributed by atoms with E-state index >= 15 is 0 Å². The number of nitrogens with zero attached hydrogens (tertiary/aromatic N) is 2. The summed E-state index contributed by atoms with van der Waals surface area (Å²) < 4.78 is 6.66. The molecule has 4 heterocycles. The van der Waals surface area contributed by atoms with E-state index in [0.29, 0.717) is 28.5 Å². The molecule has 3 saturated heterocycles. The molecule has 138 valence electrons. The third kappa shape index (κ3) is 3.07. The van der Waals surface area contributed by atoms with Crippen molar-refractivity contribution in [3.63, 3.8) is 0 Å². The first-order chi connectivity index (χ1) is 13.2. The molecule has 6 heteroatoms. The molecule has 27 heavy (non-hydrogen) atoms. The Bertz CT molecular complexity index is 993. The fourth-order valence-corrected chi connectivity index (χ4v) is 4.76. The van der Waals surface area contributed by atoms with E-state index in [1.54, 1.807) is 0 Å². The lowest BCUT2D eigenvalue weighted by atomic mass is 9.84. The van der Waals surface area contributed by atoms with Gasteiger partial charge in [-0.2, -0.15) is 0 Å². The second-order valence-corrected chi connectivity index (χ2v) is 8.23. The highest BCUT2D eigenvalue weighted by Gasteiger charge is 2.35. The first-order valence-corrected chi connectivity index (χ1v) is 10.2. The van der Waals surface area contributed by atoms with Gasteiger partial charge in [0.25, 0.3) is 5.91 Å². The van der Waals surface area contributed by atoms with Gasteiger partial charge in [0.2, 0.25) is 5.89 Å². The standard InChI is InChI=1S/C21H20BrN3O2/c22-15-6-7-17-19(24-21(27-17)14-4-2-1-3-5-14)18(15)20(26)23-16-12-25-10-8-13(16)9-11-25/h1-7,13,16H,8-12H2,(H,23,26). The van der Waals surface area contributed by atoms with Gasteiger partial charge >= 0.3 is 0 Å². The van der Waals surface area contributed by atoms with Crippen LogP contribution in [0.15, 0.2) is 51.4 Å². The van der Waals surface area contributed by atoms with E-state index in [2.05, 4.69) is 31.1 Å². The molecule has 0 aliphatic carbocycles. The summed E-state index contributed by atoms with van der Waals surface area (Å²) in [6.45, 7) is 3.25. The summed E-state index contributed by atoms with van der Waals surface area (Å²) in [5.41, 5.74) is 2.67. The number of nitrogens with one attached hydrogen (secondary N) is 1. The van der Waals surface area contributed by atoms with Gasteiger partial charge in [0.15, 0.2) is 5.58 Å². The van der Waals surface area contributed by atoms with E-state index in [4.69, 9.17) is 4.42 Å². The molecule has 0 spiro atoms. The zero-order chi connectivity index (χ0) is 18.4. The molecule has 1 atom stereocenters. The predicted octanol–water partition coefficient (Wildman–Crippen LogP) is 4.08. The number of piperidine rings is 3. The Labute approximate surface area is 165 Å². The predicted molar refractivity (Wildman–Crippen MR) is 108 cm³/mol. The largest absolute Gasteiger partial charge is 0.436 e. The molecule has 1 amide bonds. The summed E-state index contributed by atoms with van der Waals surface area (Å²) in [6, 6.07) is 13.7. The van der Waals surface area contributed by atoms with Gasteiger partial charge in [-0.25, -0.2) is 4.98 Å². The molecular weight excluding hydrogens is 406 g/mol. The summed E-state index contributed by atoms with van der Waals surface area (Å²) in [5.74, 6) is 1.02. The van der Waals surface area contributed by atoms with Crippen molar-refractivity contribution in [1.29, 1.82) is 0 Å². The van der Waals surface area contributed by atoms with Crippen LogP contribution in [0.2, 0.25) is 0 Å². The van der Waals surface area contributed by atoms with Gasteiger partial charge in [-0.15, -0.1) is 0 Å². The quantitative estimate of drug-likeness (QED) is 0.686. The monoisotopic (exact) mass is 425 g/mol. The first-order valence-electron chi connectivity index (χ1n) is 9.37. The fraction of sp³-hybridized carbons (Fsp3) is 0.333. The molecular formula is C21H20BrN3O2. The summed E-state index contributed by atoms with van der Waals surface area (Å²) in [4.78, 5) is 20.2. The maximum Gasteiger partial charge on any atom is 0.255 e. The lowest BCUT2D eigenvalue weighted by molar-refractivity contribution is 0.0621. The Balaban J connectivity index is 1.49. The second-order valence-electron chi connectivity index (χ2n) is 7.37. The van der Waals surface area contributed by atoms with E-state index in [1.807, 2.05) is 42.5 Å². The minimum atomic E-state index is -0.0841. The molecule has 1 aromatic heterocycles. The van der Waals surface area contributed by atoms with Gasteiger partial charge in [0, 0.05) is 22.6 Å². The number of hydrogen-bond acceptors (Lipinski definition) is 4. The van der Waals surface area contributed by atoms with Crippen LogP contribution < -0.4 is 5.32 Å². The molecule has 1 unspecified atom stereocenters. The van der Waals surface area contributed by atoms with E-state index in [0.717, 1.165) is 29.7 Å². The maximum atomic E-state index is 13.1. The minimum Gasteiger partial charge on any atom is -0.436 e. The highest BCUT2D eigenvalue weighted by atomic mass is 79.9. The molecule has 3 aromatic rings. The molecule has 0 radical (unpaired) electrons. The van der Waals surface area contributed by atoms with Crippen molar-refractivity contribution in [3.8, 4) is 11.5 Å². The van der Waals surface area contributed by atoms with Crippen molar-refractivity contribution in [1.82, 2.24) is 15.2 Å². The maximum absolute atomic E-state index is 13.1. The highest BCUT2D eigenvalue weighted by molar-refractivity contribution is 9.10. The van der Waals surface area contributed by atoms with E-state index < -0.39 is 0 Å². The van der Waals surface area contributed by atoms with E-state index in [9.17, 15) is 4.79 Å². The number of fused-ring (bicyclic) bond motifs is 4. The molecule has 2 aromatic carbocycles. The average Bonchev–Trinajstić information content (AvgIpc) is 3.13. The number of rotatable bonds is 3. The summed E-state index contributed by atoms with van der Waals surface area (Å²) in [5, 5.41) is 3.26. The molecule has 3 fully saturated rings. The Kier molecular flexibility index (Phi) is 4.25. The van der Waals surface area contributed by atoms with Crippen LogP contribution in [0.4, 0.5) is 0 Å². The van der Waals surface area contributed by atoms with Gasteiger partial charge in [-0.05, 0) is 72.0 Å². The minimum absolute atomic E-state index is 0.0841. The van der Waals surface area contributed by atoms with Gasteiger partial charge in [0.1, 0.15) is 5.52 Å². The van der Waals surface area contributed by atoms with Gasteiger partial charge < -0.3 is 14.6 Å². The zero-order valence-electron chi connectivity index (χ0n) is 14.8. The van der Waals surface area contributed by atoms with Crippen LogP contribution >= 0.6 is 15.9 Å². The Morgan fingerprint density at radius 1 is 1.15 bits per heavy atom. The lowest BCUT2D eigenvalue weighted by Crippen LogP contribution is -2.57. The topological polar surface area (TPSA) is 58.4 Å². The second kappa shape index (κ2) is 6.77. The summed E-state index contributed by atoms with van der Waals surface area (Å²) in [7, 11) is 0. The Morgan fingerprint density at radius 3 is 2.63 bits per heavy atom. The van der Waals surface area contributed by atoms with Crippen molar-refractivity contribution in [2.24, 2.45) is 5.92 Å². The van der Waals surface area contributed by atoms with Crippen LogP contribution in [-0.2, 0) is 0 Å². The molecule has 0 saturated carbocycles. The number of amides is 1. The number of halogens is 1. The number of oxazole rings is 1. The average molecular weight is 426 g/mol. The SMILES string of the molecule is O=C(NC1CN2CCC1CC2)c1c(Br)ccc2oc(-c3ccccc3)nc12.